The van der Waals surface area contributed by atoms with Crippen LogP contribution in [0, 0.1) is 20.8 Å². The van der Waals surface area contributed by atoms with E-state index < -0.39 is 0 Å². The maximum Gasteiger partial charge on any atom is 0.365 e. The first kappa shape index (κ1) is 9.64. The monoisotopic (exact) mass is 204 g/mol. The number of tetrazole rings is 1. The summed E-state index contributed by atoms with van der Waals surface area (Å²) in [6.07, 6.45) is 0. The lowest BCUT2D eigenvalue weighted by atomic mass is 10.1. The Labute approximate surface area is 86.7 Å². The minimum atomic E-state index is -0.318. The highest BCUT2D eigenvalue weighted by atomic mass is 16.2. The minimum absolute atomic E-state index is 0.318. The summed E-state index contributed by atoms with van der Waals surface area (Å²) in [5.41, 5.74) is 3.80. The molecular weight excluding hydrogens is 192 g/mol. The van der Waals surface area contributed by atoms with Gasteiger partial charge in [0.1, 0.15) is 0 Å². The maximum absolute atomic E-state index is 11.4. The number of hydrogen-bond acceptors (Lipinski definition) is 3. The van der Waals surface area contributed by atoms with Crippen molar-refractivity contribution in [1.29, 1.82) is 0 Å². The molecule has 0 saturated heterocycles. The average molecular weight is 204 g/mol. The summed E-state index contributed by atoms with van der Waals surface area (Å²) in [4.78, 5) is 11.4. The van der Waals surface area contributed by atoms with Crippen molar-refractivity contribution < 1.29 is 0 Å². The predicted octanol–water partition coefficient (Wildman–Crippen LogP) is 0.881. The molecule has 78 valence electrons. The van der Waals surface area contributed by atoms with E-state index in [1.807, 2.05) is 32.9 Å². The lowest BCUT2D eigenvalue weighted by molar-refractivity contribution is 0.774. The van der Waals surface area contributed by atoms with Gasteiger partial charge in [-0.2, -0.15) is 4.68 Å². The third-order valence-corrected chi connectivity index (χ3v) is 2.51. The number of aromatic nitrogens is 4. The Morgan fingerprint density at radius 2 is 1.80 bits per heavy atom. The number of nitrogens with zero attached hydrogens (tertiary/aromatic N) is 3. The molecule has 0 atom stereocenters. The zero-order valence-electron chi connectivity index (χ0n) is 8.90. The van der Waals surface area contributed by atoms with Gasteiger partial charge in [-0.25, -0.2) is 9.89 Å². The zero-order valence-corrected chi connectivity index (χ0v) is 8.90. The standard InChI is InChI=1S/C10H12N4O/c1-6-4-8(3)9(5-7(6)2)14-10(15)11-12-13-14/h4-5H,1-3H3,(H,11,13,15). The van der Waals surface area contributed by atoms with Crippen LogP contribution in [0.4, 0.5) is 0 Å². The Hall–Kier alpha value is -1.91. The largest absolute Gasteiger partial charge is 0.365 e. The van der Waals surface area contributed by atoms with Crippen LogP contribution in [0.25, 0.3) is 5.69 Å². The van der Waals surface area contributed by atoms with Crippen molar-refractivity contribution in [2.45, 2.75) is 20.8 Å². The Bertz CT molecular complexity index is 553. The van der Waals surface area contributed by atoms with Crippen molar-refractivity contribution in [2.75, 3.05) is 0 Å². The fraction of sp³-hybridized carbons (Fsp3) is 0.300. The van der Waals surface area contributed by atoms with Gasteiger partial charge in [0, 0.05) is 0 Å². The lowest BCUT2D eigenvalue weighted by Gasteiger charge is -2.07. The van der Waals surface area contributed by atoms with Gasteiger partial charge in [0.2, 0.25) is 0 Å². The Morgan fingerprint density at radius 3 is 2.40 bits per heavy atom. The molecule has 1 aromatic heterocycles. The molecule has 0 spiro atoms. The summed E-state index contributed by atoms with van der Waals surface area (Å²) in [6.45, 7) is 5.99. The Morgan fingerprint density at radius 1 is 1.13 bits per heavy atom. The summed E-state index contributed by atoms with van der Waals surface area (Å²) in [5, 5.41) is 9.46. The first-order valence-electron chi connectivity index (χ1n) is 4.68. The maximum atomic E-state index is 11.4. The van der Waals surface area contributed by atoms with Gasteiger partial charge in [0.25, 0.3) is 0 Å². The smallest absolute Gasteiger partial charge is 0.244 e. The van der Waals surface area contributed by atoms with Gasteiger partial charge in [0.15, 0.2) is 0 Å². The molecule has 1 aromatic carbocycles. The molecule has 0 radical (unpaired) electrons. The van der Waals surface area contributed by atoms with E-state index in [0.717, 1.165) is 16.8 Å². The second kappa shape index (κ2) is 3.34. The van der Waals surface area contributed by atoms with Crippen LogP contribution in [0.5, 0.6) is 0 Å². The Kier molecular flexibility index (Phi) is 2.15. The zero-order chi connectivity index (χ0) is 11.0. The van der Waals surface area contributed by atoms with Crippen molar-refractivity contribution >= 4 is 0 Å². The SMILES string of the molecule is Cc1cc(C)c(-n2nn[nH]c2=O)cc1C. The molecule has 0 saturated carbocycles. The summed E-state index contributed by atoms with van der Waals surface area (Å²) in [7, 11) is 0. The van der Waals surface area contributed by atoms with Crippen LogP contribution in [0.15, 0.2) is 16.9 Å². The minimum Gasteiger partial charge on any atom is -0.244 e. The fourth-order valence-corrected chi connectivity index (χ4v) is 1.53. The molecule has 5 nitrogen and oxygen atoms in total. The molecule has 0 aliphatic rings. The van der Waals surface area contributed by atoms with Crippen LogP contribution in [0.2, 0.25) is 0 Å². The van der Waals surface area contributed by atoms with E-state index in [1.165, 1.54) is 10.2 Å². The first-order chi connectivity index (χ1) is 7.09. The summed E-state index contributed by atoms with van der Waals surface area (Å²) < 4.78 is 1.27. The van der Waals surface area contributed by atoms with Crippen molar-refractivity contribution in [3.8, 4) is 5.69 Å². The molecule has 1 heterocycles. The van der Waals surface area contributed by atoms with E-state index in [-0.39, 0.29) is 5.69 Å². The van der Waals surface area contributed by atoms with Gasteiger partial charge in [-0.1, -0.05) is 6.07 Å². The fourth-order valence-electron chi connectivity index (χ4n) is 1.53. The van der Waals surface area contributed by atoms with Crippen molar-refractivity contribution in [2.24, 2.45) is 0 Å². The van der Waals surface area contributed by atoms with E-state index in [2.05, 4.69) is 15.5 Å². The highest BCUT2D eigenvalue weighted by molar-refractivity contribution is 5.45. The third-order valence-electron chi connectivity index (χ3n) is 2.51. The van der Waals surface area contributed by atoms with E-state index in [0.29, 0.717) is 0 Å². The van der Waals surface area contributed by atoms with Crippen LogP contribution in [0.1, 0.15) is 16.7 Å². The van der Waals surface area contributed by atoms with Crippen molar-refractivity contribution in [3.05, 3.63) is 39.3 Å². The quantitative estimate of drug-likeness (QED) is 0.750. The van der Waals surface area contributed by atoms with Gasteiger partial charge >= 0.3 is 5.69 Å². The topological polar surface area (TPSA) is 63.6 Å². The van der Waals surface area contributed by atoms with Gasteiger partial charge < -0.3 is 0 Å². The normalized spacial score (nSPS) is 10.6. The molecule has 0 bridgehead atoms. The molecule has 15 heavy (non-hydrogen) atoms. The van der Waals surface area contributed by atoms with Crippen molar-refractivity contribution in [3.63, 3.8) is 0 Å². The summed E-state index contributed by atoms with van der Waals surface area (Å²) in [5.74, 6) is 0. The molecule has 0 amide bonds. The van der Waals surface area contributed by atoms with Crippen LogP contribution in [-0.4, -0.2) is 20.2 Å². The number of rotatable bonds is 1. The number of nitrogens with one attached hydrogen (secondary N) is 1. The van der Waals surface area contributed by atoms with E-state index in [9.17, 15) is 4.79 Å². The van der Waals surface area contributed by atoms with E-state index in [4.69, 9.17) is 0 Å². The predicted molar refractivity (Wildman–Crippen MR) is 56.2 cm³/mol. The van der Waals surface area contributed by atoms with Gasteiger partial charge in [-0.05, 0) is 54.0 Å². The molecule has 1 N–H and O–H groups in total. The molecule has 2 aromatic rings. The molecule has 0 aliphatic heterocycles. The van der Waals surface area contributed by atoms with Crippen molar-refractivity contribution in [1.82, 2.24) is 20.2 Å². The molecule has 0 aliphatic carbocycles. The van der Waals surface area contributed by atoms with Crippen LogP contribution in [-0.2, 0) is 0 Å². The highest BCUT2D eigenvalue weighted by Gasteiger charge is 2.07. The number of H-pyrrole nitrogens is 1. The molecular formula is C10H12N4O. The van der Waals surface area contributed by atoms with Gasteiger partial charge in [-0.3, -0.25) is 0 Å². The van der Waals surface area contributed by atoms with Crippen LogP contribution < -0.4 is 5.69 Å². The lowest BCUT2D eigenvalue weighted by Crippen LogP contribution is -2.17. The number of hydrogen-bond donors (Lipinski definition) is 1. The number of aromatic amines is 1. The number of benzene rings is 1. The third kappa shape index (κ3) is 1.56. The van der Waals surface area contributed by atoms with Crippen LogP contribution in [0.3, 0.4) is 0 Å². The number of aryl methyl sites for hydroxylation is 3. The van der Waals surface area contributed by atoms with E-state index in [1.54, 1.807) is 0 Å². The second-order valence-corrected chi connectivity index (χ2v) is 3.64. The highest BCUT2D eigenvalue weighted by Crippen LogP contribution is 2.16. The van der Waals surface area contributed by atoms with Gasteiger partial charge in [0.05, 0.1) is 5.69 Å². The molecule has 0 unspecified atom stereocenters. The molecule has 2 rings (SSSR count). The molecule has 0 fully saturated rings. The average Bonchev–Trinajstić information content (AvgIpc) is 2.58. The van der Waals surface area contributed by atoms with E-state index >= 15 is 0 Å². The van der Waals surface area contributed by atoms with Crippen LogP contribution >= 0.6 is 0 Å². The Balaban J connectivity index is 2.69. The van der Waals surface area contributed by atoms with Gasteiger partial charge in [-0.15, -0.1) is 0 Å². The second-order valence-electron chi connectivity index (χ2n) is 3.64. The first-order valence-corrected chi connectivity index (χ1v) is 4.68. The molecule has 5 heteroatoms. The summed E-state index contributed by atoms with van der Waals surface area (Å²) in [6, 6.07) is 3.97. The summed E-state index contributed by atoms with van der Waals surface area (Å²) >= 11 is 0.